The fraction of sp³-hybridized carbons (Fsp3) is 0.600. The number of likely N-dealkylation sites (N-methyl/N-ethyl adjacent to an activating group) is 2. The van der Waals surface area contributed by atoms with Crippen LogP contribution in [0.4, 0.5) is 0 Å². The van der Waals surface area contributed by atoms with Gasteiger partial charge in [0, 0.05) is 23.1 Å². The van der Waals surface area contributed by atoms with Gasteiger partial charge in [0.1, 0.15) is 0 Å². The average molecular weight is 269 g/mol. The average Bonchev–Trinajstić information content (AvgIpc) is 2.28. The number of halogens is 1. The molecule has 0 aliphatic carbocycles. The van der Waals surface area contributed by atoms with Gasteiger partial charge in [-0.2, -0.15) is 0 Å². The van der Waals surface area contributed by atoms with E-state index in [1.165, 1.54) is 5.56 Å². The molecule has 1 N–H and O–H groups in total. The zero-order chi connectivity index (χ0) is 13.8. The number of rotatable bonds is 6. The Kier molecular flexibility index (Phi) is 5.64. The quantitative estimate of drug-likeness (QED) is 0.846. The maximum atomic E-state index is 5.92. The molecule has 18 heavy (non-hydrogen) atoms. The van der Waals surface area contributed by atoms with Crippen LogP contribution in [-0.4, -0.2) is 30.6 Å². The lowest BCUT2D eigenvalue weighted by atomic mass is 10.0. The molecule has 0 heterocycles. The lowest BCUT2D eigenvalue weighted by Crippen LogP contribution is -2.48. The van der Waals surface area contributed by atoms with Crippen LogP contribution in [0.2, 0.25) is 5.02 Å². The molecule has 0 saturated carbocycles. The van der Waals surface area contributed by atoms with Crippen molar-refractivity contribution in [1.29, 1.82) is 0 Å². The van der Waals surface area contributed by atoms with Gasteiger partial charge in [0.05, 0.1) is 0 Å². The van der Waals surface area contributed by atoms with Crippen molar-refractivity contribution < 1.29 is 0 Å². The summed E-state index contributed by atoms with van der Waals surface area (Å²) in [6.45, 7) is 10.8. The number of nitrogens with one attached hydrogen (secondary N) is 1. The van der Waals surface area contributed by atoms with Crippen molar-refractivity contribution in [2.75, 3.05) is 20.1 Å². The lowest BCUT2D eigenvalue weighted by molar-refractivity contribution is 0.193. The molecular formula is C15H25ClN2. The molecule has 1 rings (SSSR count). The topological polar surface area (TPSA) is 15.3 Å². The fourth-order valence-corrected chi connectivity index (χ4v) is 2.42. The summed E-state index contributed by atoms with van der Waals surface area (Å²) in [5, 5.41) is 4.30. The Morgan fingerprint density at radius 3 is 2.33 bits per heavy atom. The zero-order valence-electron chi connectivity index (χ0n) is 12.1. The molecule has 0 bridgehead atoms. The Labute approximate surface area is 116 Å². The van der Waals surface area contributed by atoms with Gasteiger partial charge in [-0.3, -0.25) is 4.90 Å². The van der Waals surface area contributed by atoms with Gasteiger partial charge < -0.3 is 5.32 Å². The molecule has 102 valence electrons. The second-order valence-electron chi connectivity index (χ2n) is 5.56. The smallest absolute Gasteiger partial charge is 0.0406 e. The lowest BCUT2D eigenvalue weighted by Gasteiger charge is -2.34. The molecule has 0 aliphatic rings. The molecule has 0 aromatic heterocycles. The Balaban J connectivity index is 2.66. The third-order valence-corrected chi connectivity index (χ3v) is 3.57. The molecular weight excluding hydrogens is 244 g/mol. The van der Waals surface area contributed by atoms with E-state index in [0.717, 1.165) is 18.1 Å². The number of nitrogens with zero attached hydrogens (tertiary/aromatic N) is 1. The van der Waals surface area contributed by atoms with E-state index < -0.39 is 0 Å². The molecule has 0 fully saturated rings. The summed E-state index contributed by atoms with van der Waals surface area (Å²) < 4.78 is 0. The van der Waals surface area contributed by atoms with Crippen molar-refractivity contribution in [3.8, 4) is 0 Å². The van der Waals surface area contributed by atoms with Crippen LogP contribution in [0.1, 0.15) is 39.3 Å². The van der Waals surface area contributed by atoms with Gasteiger partial charge in [0.25, 0.3) is 0 Å². The maximum absolute atomic E-state index is 5.92. The zero-order valence-corrected chi connectivity index (χ0v) is 12.9. The van der Waals surface area contributed by atoms with Crippen LogP contribution in [0.25, 0.3) is 0 Å². The highest BCUT2D eigenvalue weighted by Crippen LogP contribution is 2.22. The van der Waals surface area contributed by atoms with Crippen LogP contribution in [0.5, 0.6) is 0 Å². The van der Waals surface area contributed by atoms with E-state index in [9.17, 15) is 0 Å². The fourth-order valence-electron chi connectivity index (χ4n) is 2.29. The van der Waals surface area contributed by atoms with Crippen LogP contribution in [-0.2, 0) is 0 Å². The molecule has 0 aliphatic heterocycles. The second-order valence-corrected chi connectivity index (χ2v) is 5.99. The van der Waals surface area contributed by atoms with Crippen LogP contribution < -0.4 is 5.32 Å². The van der Waals surface area contributed by atoms with Gasteiger partial charge in [-0.15, -0.1) is 0 Å². The predicted molar refractivity (Wildman–Crippen MR) is 80.3 cm³/mol. The van der Waals surface area contributed by atoms with E-state index in [-0.39, 0.29) is 5.54 Å². The first kappa shape index (κ1) is 15.5. The number of benzene rings is 1. The molecule has 0 amide bonds. The Morgan fingerprint density at radius 1 is 1.28 bits per heavy atom. The van der Waals surface area contributed by atoms with Gasteiger partial charge in [-0.1, -0.05) is 30.7 Å². The van der Waals surface area contributed by atoms with Crippen LogP contribution in [0, 0.1) is 0 Å². The number of hydrogen-bond acceptors (Lipinski definition) is 2. The summed E-state index contributed by atoms with van der Waals surface area (Å²) in [6.07, 6.45) is 0. The molecule has 1 aromatic carbocycles. The molecule has 2 nitrogen and oxygen atoms in total. The highest BCUT2D eigenvalue weighted by molar-refractivity contribution is 6.30. The summed E-state index contributed by atoms with van der Waals surface area (Å²) in [4.78, 5) is 2.37. The Bertz CT molecular complexity index is 359. The van der Waals surface area contributed by atoms with Crippen molar-refractivity contribution in [1.82, 2.24) is 10.2 Å². The van der Waals surface area contributed by atoms with Crippen LogP contribution in [0.3, 0.4) is 0 Å². The molecule has 1 atom stereocenters. The molecule has 1 aromatic rings. The summed E-state index contributed by atoms with van der Waals surface area (Å²) in [7, 11) is 2.17. The minimum absolute atomic E-state index is 0.129. The first-order chi connectivity index (χ1) is 8.35. The van der Waals surface area contributed by atoms with E-state index in [0.29, 0.717) is 6.04 Å². The largest absolute Gasteiger partial charge is 0.311 e. The van der Waals surface area contributed by atoms with Gasteiger partial charge in [-0.05, 0) is 52.1 Å². The molecule has 0 saturated heterocycles. The van der Waals surface area contributed by atoms with E-state index in [2.05, 4.69) is 57.1 Å². The summed E-state index contributed by atoms with van der Waals surface area (Å²) in [5.74, 6) is 0. The van der Waals surface area contributed by atoms with Crippen LogP contribution in [0.15, 0.2) is 24.3 Å². The standard InChI is InChI=1S/C15H25ClN2/c1-6-17-15(3,4)11-18(5)12(2)13-7-9-14(16)10-8-13/h7-10,12,17H,6,11H2,1-5H3. The third kappa shape index (κ3) is 4.60. The van der Waals surface area contributed by atoms with E-state index >= 15 is 0 Å². The monoisotopic (exact) mass is 268 g/mol. The van der Waals surface area contributed by atoms with Gasteiger partial charge in [0.2, 0.25) is 0 Å². The molecule has 0 radical (unpaired) electrons. The van der Waals surface area contributed by atoms with E-state index in [1.807, 2.05) is 12.1 Å². The molecule has 0 spiro atoms. The summed E-state index contributed by atoms with van der Waals surface area (Å²) >= 11 is 5.92. The highest BCUT2D eigenvalue weighted by Gasteiger charge is 2.21. The van der Waals surface area contributed by atoms with E-state index in [4.69, 9.17) is 11.6 Å². The SMILES string of the molecule is CCNC(C)(C)CN(C)C(C)c1ccc(Cl)cc1. The van der Waals surface area contributed by atoms with Crippen molar-refractivity contribution >= 4 is 11.6 Å². The van der Waals surface area contributed by atoms with Crippen molar-refractivity contribution in [2.24, 2.45) is 0 Å². The normalized spacial score (nSPS) is 13.9. The van der Waals surface area contributed by atoms with E-state index in [1.54, 1.807) is 0 Å². The minimum Gasteiger partial charge on any atom is -0.311 e. The Hall–Kier alpha value is -0.570. The van der Waals surface area contributed by atoms with Gasteiger partial charge >= 0.3 is 0 Å². The minimum atomic E-state index is 0.129. The molecule has 1 unspecified atom stereocenters. The maximum Gasteiger partial charge on any atom is 0.0406 e. The second kappa shape index (κ2) is 6.55. The Morgan fingerprint density at radius 2 is 1.83 bits per heavy atom. The van der Waals surface area contributed by atoms with Gasteiger partial charge in [-0.25, -0.2) is 0 Å². The highest BCUT2D eigenvalue weighted by atomic mass is 35.5. The predicted octanol–water partition coefficient (Wildman–Crippen LogP) is 3.72. The molecule has 3 heteroatoms. The number of hydrogen-bond donors (Lipinski definition) is 1. The van der Waals surface area contributed by atoms with Crippen molar-refractivity contribution in [3.63, 3.8) is 0 Å². The van der Waals surface area contributed by atoms with Crippen molar-refractivity contribution in [3.05, 3.63) is 34.9 Å². The summed E-state index contributed by atoms with van der Waals surface area (Å²) in [5.41, 5.74) is 1.43. The first-order valence-electron chi connectivity index (χ1n) is 6.56. The third-order valence-electron chi connectivity index (χ3n) is 3.31. The summed E-state index contributed by atoms with van der Waals surface area (Å²) in [6, 6.07) is 8.50. The van der Waals surface area contributed by atoms with Crippen LogP contribution >= 0.6 is 11.6 Å². The van der Waals surface area contributed by atoms with Gasteiger partial charge in [0.15, 0.2) is 0 Å². The van der Waals surface area contributed by atoms with Crippen molar-refractivity contribution in [2.45, 2.75) is 39.3 Å². The first-order valence-corrected chi connectivity index (χ1v) is 6.94.